The highest BCUT2D eigenvalue weighted by Crippen LogP contribution is 2.36. The first-order valence-electron chi connectivity index (χ1n) is 8.21. The third-order valence-electron chi connectivity index (χ3n) is 4.33. The van der Waals surface area contributed by atoms with Gasteiger partial charge in [-0.1, -0.05) is 58.5 Å². The zero-order chi connectivity index (χ0) is 19.7. The van der Waals surface area contributed by atoms with Crippen LogP contribution in [0.1, 0.15) is 39.3 Å². The van der Waals surface area contributed by atoms with E-state index in [1.165, 1.54) is 0 Å². The Morgan fingerprint density at radius 3 is 2.37 bits per heavy atom. The molecular formula is C18H15Cl4N3O2. The number of anilines is 1. The third-order valence-corrected chi connectivity index (χ3v) is 6.01. The van der Waals surface area contributed by atoms with Crippen molar-refractivity contribution in [1.29, 1.82) is 0 Å². The average molecular weight is 447 g/mol. The van der Waals surface area contributed by atoms with Crippen LogP contribution in [0.3, 0.4) is 0 Å². The van der Waals surface area contributed by atoms with Gasteiger partial charge in [-0.2, -0.15) is 0 Å². The van der Waals surface area contributed by atoms with Crippen molar-refractivity contribution in [3.63, 3.8) is 0 Å². The van der Waals surface area contributed by atoms with Crippen LogP contribution in [-0.4, -0.2) is 34.8 Å². The van der Waals surface area contributed by atoms with E-state index in [4.69, 9.17) is 46.4 Å². The van der Waals surface area contributed by atoms with Gasteiger partial charge in [0.15, 0.2) is 0 Å². The number of nitrogens with zero attached hydrogens (tertiary/aromatic N) is 2. The summed E-state index contributed by atoms with van der Waals surface area (Å²) in [4.78, 5) is 31.3. The molecule has 0 radical (unpaired) electrons. The summed E-state index contributed by atoms with van der Waals surface area (Å²) in [5.74, 6) is -0.756. The van der Waals surface area contributed by atoms with Crippen LogP contribution in [0.4, 0.5) is 5.69 Å². The van der Waals surface area contributed by atoms with Crippen LogP contribution in [0, 0.1) is 6.92 Å². The van der Waals surface area contributed by atoms with Crippen LogP contribution in [0.15, 0.2) is 18.2 Å². The number of carbonyl (C=O) groups is 2. The molecule has 1 saturated heterocycles. The van der Waals surface area contributed by atoms with Crippen molar-refractivity contribution in [2.24, 2.45) is 0 Å². The van der Waals surface area contributed by atoms with E-state index < -0.39 is 5.91 Å². The molecule has 1 fully saturated rings. The second-order valence-electron chi connectivity index (χ2n) is 6.14. The molecule has 1 aliphatic rings. The Labute approximate surface area is 176 Å². The van der Waals surface area contributed by atoms with E-state index in [9.17, 15) is 9.59 Å². The lowest BCUT2D eigenvalue weighted by molar-refractivity contribution is 0.0793. The van der Waals surface area contributed by atoms with Gasteiger partial charge in [0.1, 0.15) is 10.8 Å². The quantitative estimate of drug-likeness (QED) is 0.633. The minimum atomic E-state index is -0.637. The highest BCUT2D eigenvalue weighted by atomic mass is 35.5. The number of benzene rings is 1. The number of hydrogen-bond donors (Lipinski definition) is 1. The van der Waals surface area contributed by atoms with Gasteiger partial charge in [-0.3, -0.25) is 9.59 Å². The maximum absolute atomic E-state index is 12.9. The Kier molecular flexibility index (Phi) is 6.16. The van der Waals surface area contributed by atoms with Crippen LogP contribution < -0.4 is 5.32 Å². The first-order chi connectivity index (χ1) is 12.8. The molecule has 0 aliphatic carbocycles. The largest absolute Gasteiger partial charge is 0.339 e. The van der Waals surface area contributed by atoms with Crippen molar-refractivity contribution in [1.82, 2.24) is 9.88 Å². The van der Waals surface area contributed by atoms with Crippen molar-refractivity contribution in [3.8, 4) is 0 Å². The lowest BCUT2D eigenvalue weighted by Gasteiger charge is -2.20. The molecule has 1 N–H and O–H groups in total. The molecule has 2 amide bonds. The summed E-state index contributed by atoms with van der Waals surface area (Å²) in [6.45, 7) is 3.23. The normalized spacial score (nSPS) is 13.7. The zero-order valence-electron chi connectivity index (χ0n) is 14.3. The molecule has 27 heavy (non-hydrogen) atoms. The van der Waals surface area contributed by atoms with Crippen LogP contribution in [-0.2, 0) is 0 Å². The first kappa shape index (κ1) is 20.2. The molecule has 1 aromatic carbocycles. The van der Waals surface area contributed by atoms with Gasteiger partial charge in [-0.05, 0) is 31.4 Å². The van der Waals surface area contributed by atoms with Crippen LogP contribution in [0.25, 0.3) is 0 Å². The number of carbonyl (C=O) groups excluding carboxylic acids is 2. The summed E-state index contributed by atoms with van der Waals surface area (Å²) < 4.78 is 0. The minimum absolute atomic E-state index is 0.0275. The number of nitrogens with one attached hydrogen (secondary N) is 1. The van der Waals surface area contributed by atoms with Gasteiger partial charge in [0.2, 0.25) is 0 Å². The van der Waals surface area contributed by atoms with Crippen LogP contribution >= 0.6 is 46.4 Å². The molecule has 1 aliphatic heterocycles. The van der Waals surface area contributed by atoms with E-state index in [0.717, 1.165) is 18.4 Å². The SMILES string of the molecule is Cc1cccc(NC(=O)c2nc(Cl)c(Cl)c(Cl)c2Cl)c1C(=O)N1CCCC1. The summed E-state index contributed by atoms with van der Waals surface area (Å²) in [5, 5.41) is 2.37. The number of pyridine rings is 1. The van der Waals surface area contributed by atoms with E-state index in [1.807, 2.05) is 13.0 Å². The van der Waals surface area contributed by atoms with Gasteiger partial charge < -0.3 is 10.2 Å². The topological polar surface area (TPSA) is 62.3 Å². The van der Waals surface area contributed by atoms with Gasteiger partial charge in [0.25, 0.3) is 11.8 Å². The molecule has 0 bridgehead atoms. The van der Waals surface area contributed by atoms with Crippen molar-refractivity contribution in [3.05, 3.63) is 55.2 Å². The summed E-state index contributed by atoms with van der Waals surface area (Å²) in [5.41, 5.74) is 1.40. The summed E-state index contributed by atoms with van der Waals surface area (Å²) in [7, 11) is 0. The van der Waals surface area contributed by atoms with Crippen molar-refractivity contribution in [2.75, 3.05) is 18.4 Å². The smallest absolute Gasteiger partial charge is 0.275 e. The van der Waals surface area contributed by atoms with E-state index >= 15 is 0 Å². The van der Waals surface area contributed by atoms with Crippen LogP contribution in [0.5, 0.6) is 0 Å². The first-order valence-corrected chi connectivity index (χ1v) is 9.72. The van der Waals surface area contributed by atoms with E-state index in [-0.39, 0.29) is 31.8 Å². The van der Waals surface area contributed by atoms with Gasteiger partial charge in [0.05, 0.1) is 26.3 Å². The lowest BCUT2D eigenvalue weighted by Crippen LogP contribution is -2.29. The third kappa shape index (κ3) is 4.02. The molecule has 9 heteroatoms. The Bertz CT molecular complexity index is 927. The molecule has 2 aromatic rings. The van der Waals surface area contributed by atoms with E-state index in [1.54, 1.807) is 17.0 Å². The van der Waals surface area contributed by atoms with E-state index in [2.05, 4.69) is 10.3 Å². The van der Waals surface area contributed by atoms with Gasteiger partial charge in [0, 0.05) is 13.1 Å². The van der Waals surface area contributed by atoms with Gasteiger partial charge in [-0.15, -0.1) is 0 Å². The molecule has 142 valence electrons. The molecular weight excluding hydrogens is 432 g/mol. The van der Waals surface area contributed by atoms with Crippen molar-refractivity contribution >= 4 is 63.9 Å². The second-order valence-corrected chi connectivity index (χ2v) is 7.64. The molecule has 0 atom stereocenters. The van der Waals surface area contributed by atoms with Gasteiger partial charge in [-0.25, -0.2) is 4.98 Å². The fraction of sp³-hybridized carbons (Fsp3) is 0.278. The Balaban J connectivity index is 1.96. The maximum atomic E-state index is 12.9. The van der Waals surface area contributed by atoms with Crippen molar-refractivity contribution in [2.45, 2.75) is 19.8 Å². The highest BCUT2D eigenvalue weighted by molar-refractivity contribution is 6.52. The van der Waals surface area contributed by atoms with Crippen LogP contribution in [0.2, 0.25) is 20.2 Å². The number of hydrogen-bond acceptors (Lipinski definition) is 3. The summed E-state index contributed by atoms with van der Waals surface area (Å²) >= 11 is 23.9. The Morgan fingerprint density at radius 2 is 1.70 bits per heavy atom. The average Bonchev–Trinajstić information content (AvgIpc) is 3.17. The lowest BCUT2D eigenvalue weighted by atomic mass is 10.0. The molecule has 1 aromatic heterocycles. The summed E-state index contributed by atoms with van der Waals surface area (Å²) in [6, 6.07) is 5.23. The van der Waals surface area contributed by atoms with E-state index in [0.29, 0.717) is 24.3 Å². The van der Waals surface area contributed by atoms with Crippen molar-refractivity contribution < 1.29 is 9.59 Å². The molecule has 5 nitrogen and oxygen atoms in total. The number of rotatable bonds is 3. The maximum Gasteiger partial charge on any atom is 0.275 e. The number of likely N-dealkylation sites (tertiary alicyclic amines) is 1. The predicted octanol–water partition coefficient (Wildman–Crippen LogP) is 5.49. The molecule has 3 rings (SSSR count). The monoisotopic (exact) mass is 445 g/mol. The standard InChI is InChI=1S/C18H15Cl4N3O2/c1-9-5-4-6-10(11(9)18(27)25-7-2-3-8-25)23-17(26)15-13(20)12(19)14(21)16(22)24-15/h4-6H,2-3,7-8H2,1H3,(H,23,26). The fourth-order valence-electron chi connectivity index (χ4n) is 2.95. The molecule has 0 unspecified atom stereocenters. The number of aryl methyl sites for hydroxylation is 1. The minimum Gasteiger partial charge on any atom is -0.339 e. The Morgan fingerprint density at radius 1 is 1.04 bits per heavy atom. The highest BCUT2D eigenvalue weighted by Gasteiger charge is 2.26. The zero-order valence-corrected chi connectivity index (χ0v) is 17.3. The Hall–Kier alpha value is -1.53. The summed E-state index contributed by atoms with van der Waals surface area (Å²) in [6.07, 6.45) is 1.95. The predicted molar refractivity (Wildman–Crippen MR) is 109 cm³/mol. The number of aromatic nitrogens is 1. The molecule has 2 heterocycles. The fourth-order valence-corrected chi connectivity index (χ4v) is 3.77. The molecule has 0 saturated carbocycles. The van der Waals surface area contributed by atoms with Gasteiger partial charge >= 0.3 is 0 Å². The second kappa shape index (κ2) is 8.23. The number of amides is 2. The molecule has 0 spiro atoms. The number of halogens is 4.